The first kappa shape index (κ1) is 11.5. The molecule has 0 bridgehead atoms. The normalized spacial score (nSPS) is 21.2. The summed E-state index contributed by atoms with van der Waals surface area (Å²) in [5, 5.41) is 0. The van der Waals surface area contributed by atoms with Crippen molar-refractivity contribution >= 4 is 11.5 Å². The number of ketones is 1. The highest BCUT2D eigenvalue weighted by atomic mass is 16.1. The van der Waals surface area contributed by atoms with E-state index in [4.69, 9.17) is 5.73 Å². The van der Waals surface area contributed by atoms with Gasteiger partial charge in [0.15, 0.2) is 5.78 Å². The zero-order chi connectivity index (χ0) is 12.6. The number of Topliss-reactive ketones (excluding diaryl/α,β-unsaturated/α-hetero) is 1. The van der Waals surface area contributed by atoms with Gasteiger partial charge in [-0.2, -0.15) is 0 Å². The Balaban J connectivity index is 1.88. The molecular formula is C16H19NO. The van der Waals surface area contributed by atoms with Crippen LogP contribution in [0.3, 0.4) is 0 Å². The molecule has 0 heterocycles. The number of carbonyl (C=O) groups excluding carboxylic acids is 1. The molecule has 0 radical (unpaired) electrons. The van der Waals surface area contributed by atoms with E-state index in [1.807, 2.05) is 24.3 Å². The zero-order valence-corrected chi connectivity index (χ0v) is 10.6. The maximum Gasteiger partial charge on any atom is 0.169 e. The van der Waals surface area contributed by atoms with Gasteiger partial charge in [0.2, 0.25) is 0 Å². The predicted molar refractivity (Wildman–Crippen MR) is 73.3 cm³/mol. The molecular weight excluding hydrogens is 222 g/mol. The number of nitrogen functional groups attached to an aromatic ring is 1. The van der Waals surface area contributed by atoms with Crippen molar-refractivity contribution < 1.29 is 4.79 Å². The van der Waals surface area contributed by atoms with Gasteiger partial charge in [0.1, 0.15) is 0 Å². The molecule has 0 spiro atoms. The Bertz CT molecular complexity index is 494. The van der Waals surface area contributed by atoms with Gasteiger partial charge >= 0.3 is 0 Å². The van der Waals surface area contributed by atoms with E-state index in [9.17, 15) is 4.79 Å². The second kappa shape index (κ2) is 4.27. The summed E-state index contributed by atoms with van der Waals surface area (Å²) in [4.78, 5) is 12.7. The summed E-state index contributed by atoms with van der Waals surface area (Å²) in [5.74, 6) is 0.368. The predicted octanol–water partition coefficient (Wildman–Crippen LogP) is 3.37. The molecule has 0 unspecified atom stereocenters. The molecule has 1 aromatic carbocycles. The van der Waals surface area contributed by atoms with Gasteiger partial charge in [-0.25, -0.2) is 0 Å². The Morgan fingerprint density at radius 3 is 2.39 bits per heavy atom. The minimum atomic E-state index is -0.211. The van der Waals surface area contributed by atoms with Crippen LogP contribution in [-0.2, 0) is 10.2 Å². The summed E-state index contributed by atoms with van der Waals surface area (Å²) in [6, 6.07) is 7.84. The number of anilines is 1. The number of rotatable bonds is 3. The second-order valence-electron chi connectivity index (χ2n) is 5.51. The van der Waals surface area contributed by atoms with E-state index in [0.29, 0.717) is 5.78 Å². The Hall–Kier alpha value is -1.57. The second-order valence-corrected chi connectivity index (χ2v) is 5.51. The van der Waals surface area contributed by atoms with Crippen molar-refractivity contribution in [1.29, 1.82) is 0 Å². The van der Waals surface area contributed by atoms with Gasteiger partial charge in [0.25, 0.3) is 0 Å². The molecule has 2 heteroatoms. The highest BCUT2D eigenvalue weighted by Crippen LogP contribution is 2.51. The summed E-state index contributed by atoms with van der Waals surface area (Å²) < 4.78 is 0. The van der Waals surface area contributed by atoms with E-state index in [1.165, 1.54) is 6.42 Å². The van der Waals surface area contributed by atoms with Crippen LogP contribution in [0.5, 0.6) is 0 Å². The van der Waals surface area contributed by atoms with E-state index in [2.05, 4.69) is 6.08 Å². The summed E-state index contributed by atoms with van der Waals surface area (Å²) in [5.41, 5.74) is 8.48. The Kier molecular flexibility index (Phi) is 2.73. The van der Waals surface area contributed by atoms with Crippen LogP contribution in [0.15, 0.2) is 35.9 Å². The highest BCUT2D eigenvalue weighted by molar-refractivity contribution is 6.05. The first-order valence-corrected chi connectivity index (χ1v) is 6.82. The molecule has 0 atom stereocenters. The topological polar surface area (TPSA) is 43.1 Å². The molecule has 2 aliphatic carbocycles. The monoisotopic (exact) mass is 241 g/mol. The maximum atomic E-state index is 12.7. The van der Waals surface area contributed by atoms with Crippen LogP contribution in [0.2, 0.25) is 0 Å². The standard InChI is InChI=1S/C16H19NO/c17-14-8-6-13(7-9-14)16(10-11-16)15(18)12-4-2-1-3-5-12/h4,6-9H,1-3,5,10-11,17H2. The zero-order valence-electron chi connectivity index (χ0n) is 10.6. The summed E-state index contributed by atoms with van der Waals surface area (Å²) in [7, 11) is 0. The summed E-state index contributed by atoms with van der Waals surface area (Å²) in [6.07, 6.45) is 8.57. The largest absolute Gasteiger partial charge is 0.399 e. The quantitative estimate of drug-likeness (QED) is 0.824. The Morgan fingerprint density at radius 1 is 1.11 bits per heavy atom. The van der Waals surface area contributed by atoms with Gasteiger partial charge in [0, 0.05) is 5.69 Å². The molecule has 3 rings (SSSR count). The highest BCUT2D eigenvalue weighted by Gasteiger charge is 2.51. The van der Waals surface area contributed by atoms with Gasteiger partial charge in [-0.3, -0.25) is 4.79 Å². The van der Waals surface area contributed by atoms with E-state index >= 15 is 0 Å². The smallest absolute Gasteiger partial charge is 0.169 e. The van der Waals surface area contributed by atoms with Crippen molar-refractivity contribution in [2.24, 2.45) is 0 Å². The first-order chi connectivity index (χ1) is 8.72. The minimum absolute atomic E-state index is 0.211. The molecule has 94 valence electrons. The fourth-order valence-corrected chi connectivity index (χ4v) is 2.93. The molecule has 1 aromatic rings. The van der Waals surface area contributed by atoms with Crippen molar-refractivity contribution in [3.05, 3.63) is 41.5 Å². The molecule has 2 nitrogen and oxygen atoms in total. The van der Waals surface area contributed by atoms with E-state index < -0.39 is 0 Å². The lowest BCUT2D eigenvalue weighted by Crippen LogP contribution is -2.23. The van der Waals surface area contributed by atoms with Crippen molar-refractivity contribution in [3.8, 4) is 0 Å². The molecule has 0 saturated heterocycles. The van der Waals surface area contributed by atoms with Crippen molar-refractivity contribution in [2.75, 3.05) is 5.73 Å². The third-order valence-electron chi connectivity index (χ3n) is 4.23. The van der Waals surface area contributed by atoms with E-state index in [-0.39, 0.29) is 5.41 Å². The third kappa shape index (κ3) is 1.86. The molecule has 0 aliphatic heterocycles. The molecule has 1 saturated carbocycles. The SMILES string of the molecule is Nc1ccc(C2(C(=O)C3=CCCCC3)CC2)cc1. The molecule has 0 aromatic heterocycles. The number of hydrogen-bond donors (Lipinski definition) is 1. The Labute approximate surface area is 108 Å². The molecule has 2 N–H and O–H groups in total. The van der Waals surface area contributed by atoms with E-state index in [0.717, 1.165) is 48.9 Å². The minimum Gasteiger partial charge on any atom is -0.399 e. The van der Waals surface area contributed by atoms with Crippen LogP contribution in [0.4, 0.5) is 5.69 Å². The van der Waals surface area contributed by atoms with Crippen LogP contribution < -0.4 is 5.73 Å². The van der Waals surface area contributed by atoms with Crippen molar-refractivity contribution in [1.82, 2.24) is 0 Å². The number of nitrogens with two attached hydrogens (primary N) is 1. The Morgan fingerprint density at radius 2 is 1.83 bits per heavy atom. The van der Waals surface area contributed by atoms with Crippen LogP contribution in [-0.4, -0.2) is 5.78 Å². The average molecular weight is 241 g/mol. The lowest BCUT2D eigenvalue weighted by atomic mass is 9.83. The van der Waals surface area contributed by atoms with Gasteiger partial charge in [0.05, 0.1) is 5.41 Å². The van der Waals surface area contributed by atoms with Crippen LogP contribution in [0, 0.1) is 0 Å². The average Bonchev–Trinajstić information content (AvgIpc) is 3.21. The first-order valence-electron chi connectivity index (χ1n) is 6.82. The van der Waals surface area contributed by atoms with Crippen molar-refractivity contribution in [3.63, 3.8) is 0 Å². The third-order valence-corrected chi connectivity index (χ3v) is 4.23. The van der Waals surface area contributed by atoms with Crippen LogP contribution >= 0.6 is 0 Å². The molecule has 0 amide bonds. The number of carbonyl (C=O) groups is 1. The number of benzene rings is 1. The fraction of sp³-hybridized carbons (Fsp3) is 0.438. The van der Waals surface area contributed by atoms with Gasteiger partial charge in [-0.05, 0) is 61.8 Å². The van der Waals surface area contributed by atoms with Crippen LogP contribution in [0.1, 0.15) is 44.1 Å². The lowest BCUT2D eigenvalue weighted by Gasteiger charge is -2.19. The summed E-state index contributed by atoms with van der Waals surface area (Å²) >= 11 is 0. The molecule has 18 heavy (non-hydrogen) atoms. The van der Waals surface area contributed by atoms with Crippen LogP contribution in [0.25, 0.3) is 0 Å². The number of allylic oxidation sites excluding steroid dienone is 2. The fourth-order valence-electron chi connectivity index (χ4n) is 2.93. The number of hydrogen-bond acceptors (Lipinski definition) is 2. The van der Waals surface area contributed by atoms with Gasteiger partial charge < -0.3 is 5.73 Å². The molecule has 2 aliphatic rings. The maximum absolute atomic E-state index is 12.7. The van der Waals surface area contributed by atoms with E-state index in [1.54, 1.807) is 0 Å². The van der Waals surface area contributed by atoms with Gasteiger partial charge in [-0.15, -0.1) is 0 Å². The van der Waals surface area contributed by atoms with Crippen molar-refractivity contribution in [2.45, 2.75) is 43.9 Å². The summed E-state index contributed by atoms with van der Waals surface area (Å²) in [6.45, 7) is 0. The van der Waals surface area contributed by atoms with Gasteiger partial charge in [-0.1, -0.05) is 18.2 Å². The molecule has 1 fully saturated rings. The lowest BCUT2D eigenvalue weighted by molar-refractivity contribution is -0.118.